The van der Waals surface area contributed by atoms with Crippen molar-refractivity contribution in [1.82, 2.24) is 4.72 Å². The minimum atomic E-state index is -3.33. The lowest BCUT2D eigenvalue weighted by atomic mass is 10.1. The van der Waals surface area contributed by atoms with Crippen molar-refractivity contribution in [3.05, 3.63) is 47.3 Å². The number of thiophene rings is 1. The molecule has 1 fully saturated rings. The predicted molar refractivity (Wildman–Crippen MR) is 105 cm³/mol. The largest absolute Gasteiger partial charge is 0.372 e. The third-order valence-corrected chi connectivity index (χ3v) is 7.46. The highest BCUT2D eigenvalue weighted by Gasteiger charge is 2.14. The van der Waals surface area contributed by atoms with Gasteiger partial charge < -0.3 is 4.90 Å². The Kier molecular flexibility index (Phi) is 6.51. The van der Waals surface area contributed by atoms with E-state index in [1.165, 1.54) is 48.3 Å². The lowest BCUT2D eigenvalue weighted by Gasteiger charge is -2.22. The number of nitrogens with one attached hydrogen (secondary N) is 1. The summed E-state index contributed by atoms with van der Waals surface area (Å²) in [5.41, 5.74) is 2.57. The number of benzene rings is 1. The Morgan fingerprint density at radius 1 is 1.00 bits per heavy atom. The average Bonchev–Trinajstić information content (AvgIpc) is 3.04. The van der Waals surface area contributed by atoms with E-state index in [9.17, 15) is 8.42 Å². The van der Waals surface area contributed by atoms with Gasteiger partial charge in [0.25, 0.3) is 0 Å². The first-order valence-corrected chi connectivity index (χ1v) is 11.4. The van der Waals surface area contributed by atoms with Crippen LogP contribution in [0.3, 0.4) is 0 Å². The highest BCUT2D eigenvalue weighted by molar-refractivity contribution is 7.91. The first kappa shape index (κ1) is 18.4. The van der Waals surface area contributed by atoms with Crippen molar-refractivity contribution in [3.8, 4) is 0 Å². The second kappa shape index (κ2) is 8.83. The molecule has 0 radical (unpaired) electrons. The van der Waals surface area contributed by atoms with Crippen molar-refractivity contribution < 1.29 is 8.42 Å². The average molecular weight is 379 g/mol. The molecule has 0 atom stereocenters. The van der Waals surface area contributed by atoms with E-state index in [2.05, 4.69) is 33.9 Å². The van der Waals surface area contributed by atoms with Crippen molar-refractivity contribution in [2.45, 2.75) is 42.7 Å². The second-order valence-electron chi connectivity index (χ2n) is 6.50. The van der Waals surface area contributed by atoms with Gasteiger partial charge in [0.2, 0.25) is 10.0 Å². The van der Waals surface area contributed by atoms with E-state index in [4.69, 9.17) is 0 Å². The molecule has 0 amide bonds. The van der Waals surface area contributed by atoms with E-state index in [0.717, 1.165) is 25.9 Å². The third-order valence-electron chi connectivity index (χ3n) is 4.60. The van der Waals surface area contributed by atoms with Crippen molar-refractivity contribution in [2.75, 3.05) is 24.5 Å². The summed E-state index contributed by atoms with van der Waals surface area (Å²) in [5, 5.41) is 1.78. The number of aryl methyl sites for hydroxylation is 1. The smallest absolute Gasteiger partial charge is 0.250 e. The van der Waals surface area contributed by atoms with Gasteiger partial charge in [-0.1, -0.05) is 31.0 Å². The maximum absolute atomic E-state index is 12.0. The molecule has 0 saturated carbocycles. The Hall–Kier alpha value is -1.37. The Balaban J connectivity index is 1.46. The predicted octanol–water partition coefficient (Wildman–Crippen LogP) is 4.04. The number of rotatable bonds is 7. The lowest BCUT2D eigenvalue weighted by Crippen LogP contribution is -2.24. The summed E-state index contributed by atoms with van der Waals surface area (Å²) >= 11 is 1.25. The Morgan fingerprint density at radius 2 is 1.72 bits per heavy atom. The molecular formula is C19H26N2O2S2. The fourth-order valence-electron chi connectivity index (χ4n) is 3.19. The topological polar surface area (TPSA) is 49.4 Å². The molecule has 1 aromatic carbocycles. The quantitative estimate of drug-likeness (QED) is 0.740. The van der Waals surface area contributed by atoms with E-state index >= 15 is 0 Å². The molecule has 25 heavy (non-hydrogen) atoms. The van der Waals surface area contributed by atoms with E-state index < -0.39 is 10.0 Å². The Bertz CT molecular complexity index is 732. The molecule has 6 heteroatoms. The van der Waals surface area contributed by atoms with Gasteiger partial charge in [0.1, 0.15) is 4.21 Å². The molecule has 136 valence electrons. The van der Waals surface area contributed by atoms with Crippen LogP contribution in [-0.4, -0.2) is 28.1 Å². The first-order chi connectivity index (χ1) is 12.1. The summed E-state index contributed by atoms with van der Waals surface area (Å²) in [7, 11) is -3.33. The molecule has 2 heterocycles. The molecule has 0 aliphatic carbocycles. The van der Waals surface area contributed by atoms with Gasteiger partial charge in [-0.15, -0.1) is 11.3 Å². The summed E-state index contributed by atoms with van der Waals surface area (Å²) in [6.07, 6.45) is 6.94. The van der Waals surface area contributed by atoms with Crippen LogP contribution in [0.4, 0.5) is 5.69 Å². The molecule has 1 aromatic heterocycles. The van der Waals surface area contributed by atoms with Crippen molar-refractivity contribution in [1.29, 1.82) is 0 Å². The maximum atomic E-state index is 12.0. The zero-order chi connectivity index (χ0) is 17.5. The molecule has 0 unspecified atom stereocenters. The summed E-state index contributed by atoms with van der Waals surface area (Å²) < 4.78 is 27.2. The molecule has 4 nitrogen and oxygen atoms in total. The molecular weight excluding hydrogens is 352 g/mol. The molecule has 1 aliphatic heterocycles. The highest BCUT2D eigenvalue weighted by Crippen LogP contribution is 2.20. The van der Waals surface area contributed by atoms with Gasteiger partial charge in [0.05, 0.1) is 0 Å². The fraction of sp³-hybridized carbons (Fsp3) is 0.474. The van der Waals surface area contributed by atoms with E-state index in [1.807, 2.05) is 0 Å². The van der Waals surface area contributed by atoms with E-state index in [-0.39, 0.29) is 0 Å². The van der Waals surface area contributed by atoms with Crippen molar-refractivity contribution in [2.24, 2.45) is 0 Å². The van der Waals surface area contributed by atoms with Gasteiger partial charge in [-0.25, -0.2) is 13.1 Å². The Morgan fingerprint density at radius 3 is 2.36 bits per heavy atom. The van der Waals surface area contributed by atoms with Crippen LogP contribution in [0.15, 0.2) is 46.0 Å². The van der Waals surface area contributed by atoms with Crippen LogP contribution in [-0.2, 0) is 16.4 Å². The molecule has 1 N–H and O–H groups in total. The molecule has 1 saturated heterocycles. The van der Waals surface area contributed by atoms with Crippen LogP contribution >= 0.6 is 11.3 Å². The molecule has 0 spiro atoms. The summed E-state index contributed by atoms with van der Waals surface area (Å²) in [4.78, 5) is 2.48. The van der Waals surface area contributed by atoms with Crippen LogP contribution in [0.5, 0.6) is 0 Å². The van der Waals surface area contributed by atoms with Crippen LogP contribution < -0.4 is 9.62 Å². The van der Waals surface area contributed by atoms with Crippen molar-refractivity contribution in [3.63, 3.8) is 0 Å². The summed E-state index contributed by atoms with van der Waals surface area (Å²) in [6, 6.07) is 12.1. The molecule has 0 bridgehead atoms. The minimum Gasteiger partial charge on any atom is -0.372 e. The third kappa shape index (κ3) is 5.30. The first-order valence-electron chi connectivity index (χ1n) is 9.02. The molecule has 3 rings (SSSR count). The van der Waals surface area contributed by atoms with E-state index in [0.29, 0.717) is 10.8 Å². The van der Waals surface area contributed by atoms with Crippen molar-refractivity contribution >= 4 is 27.0 Å². The standard InChI is InChI=1S/C19H26N2O2S2/c22-25(23,19-8-6-16-24-19)20-13-5-7-17-9-11-18(12-10-17)21-14-3-1-2-4-15-21/h6,8-12,16,20H,1-5,7,13-15H2. The SMILES string of the molecule is O=S(=O)(NCCCc1ccc(N2CCCCCC2)cc1)c1cccs1. The monoisotopic (exact) mass is 378 g/mol. The normalized spacial score (nSPS) is 15.9. The Labute approximate surface area is 154 Å². The highest BCUT2D eigenvalue weighted by atomic mass is 32.2. The van der Waals surface area contributed by atoms with Gasteiger partial charge in [-0.2, -0.15) is 0 Å². The number of nitrogens with zero attached hydrogens (tertiary/aromatic N) is 1. The van der Waals surface area contributed by atoms with Gasteiger partial charge in [0.15, 0.2) is 0 Å². The summed E-state index contributed by atoms with van der Waals surface area (Å²) in [5.74, 6) is 0. The van der Waals surface area contributed by atoms with E-state index in [1.54, 1.807) is 17.5 Å². The minimum absolute atomic E-state index is 0.384. The van der Waals surface area contributed by atoms with Gasteiger partial charge in [-0.05, 0) is 54.8 Å². The van der Waals surface area contributed by atoms with Crippen LogP contribution in [0.25, 0.3) is 0 Å². The van der Waals surface area contributed by atoms with Gasteiger partial charge in [-0.3, -0.25) is 0 Å². The second-order valence-corrected chi connectivity index (χ2v) is 9.44. The zero-order valence-corrected chi connectivity index (χ0v) is 16.1. The van der Waals surface area contributed by atoms with Gasteiger partial charge in [0, 0.05) is 25.3 Å². The van der Waals surface area contributed by atoms with Crippen LogP contribution in [0, 0.1) is 0 Å². The summed E-state index contributed by atoms with van der Waals surface area (Å²) in [6.45, 7) is 2.78. The number of hydrogen-bond acceptors (Lipinski definition) is 4. The molecule has 2 aromatic rings. The number of sulfonamides is 1. The lowest BCUT2D eigenvalue weighted by molar-refractivity contribution is 0.581. The zero-order valence-electron chi connectivity index (χ0n) is 14.5. The number of anilines is 1. The molecule has 1 aliphatic rings. The van der Waals surface area contributed by atoms with Crippen LogP contribution in [0.2, 0.25) is 0 Å². The fourth-order valence-corrected chi connectivity index (χ4v) is 5.30. The maximum Gasteiger partial charge on any atom is 0.250 e. The van der Waals surface area contributed by atoms with Gasteiger partial charge >= 0.3 is 0 Å². The number of hydrogen-bond donors (Lipinski definition) is 1. The van der Waals surface area contributed by atoms with Crippen LogP contribution in [0.1, 0.15) is 37.7 Å².